The monoisotopic (exact) mass is 612 g/mol. The number of aromatic nitrogens is 2. The molecule has 2 aromatic heterocycles. The average Bonchev–Trinajstić information content (AvgIpc) is 3.67. The molecular weight excluding hydrogens is 581 g/mol. The van der Waals surface area contributed by atoms with Crippen LogP contribution >= 0.6 is 0 Å². The van der Waals surface area contributed by atoms with Gasteiger partial charge in [0.1, 0.15) is 0 Å². The van der Waals surface area contributed by atoms with Crippen molar-refractivity contribution in [3.8, 4) is 55.9 Å². The summed E-state index contributed by atoms with van der Waals surface area (Å²) in [7, 11) is 0. The van der Waals surface area contributed by atoms with Crippen molar-refractivity contribution in [3.63, 3.8) is 0 Å². The molecule has 0 aliphatic heterocycles. The molecule has 0 unspecified atom stereocenters. The van der Waals surface area contributed by atoms with E-state index in [1.54, 1.807) is 0 Å². The Bertz CT molecular complexity index is 2590. The molecule has 0 radical (unpaired) electrons. The number of pyridine rings is 2. The van der Waals surface area contributed by atoms with E-state index in [0.717, 1.165) is 11.4 Å². The van der Waals surface area contributed by atoms with Gasteiger partial charge in [-0.15, -0.1) is 0 Å². The third-order valence-electron chi connectivity index (χ3n) is 11.9. The number of fused-ring (bicyclic) bond motifs is 7. The lowest BCUT2D eigenvalue weighted by Crippen LogP contribution is -2.15. The lowest BCUT2D eigenvalue weighted by atomic mass is 9.81. The maximum absolute atomic E-state index is 4.78. The minimum absolute atomic E-state index is 0.0871. The fourth-order valence-electron chi connectivity index (χ4n) is 9.47. The second-order valence-electron chi connectivity index (χ2n) is 15.0. The van der Waals surface area contributed by atoms with Crippen molar-refractivity contribution in [1.82, 2.24) is 9.97 Å². The third kappa shape index (κ3) is 3.09. The van der Waals surface area contributed by atoms with Crippen molar-refractivity contribution in [2.75, 3.05) is 0 Å². The number of nitrogens with zero attached hydrogens (tertiary/aromatic N) is 2. The Hall–Kier alpha value is -5.60. The zero-order chi connectivity index (χ0) is 32.1. The van der Waals surface area contributed by atoms with Gasteiger partial charge in [0.05, 0.1) is 11.4 Å². The van der Waals surface area contributed by atoms with Gasteiger partial charge in [0.25, 0.3) is 0 Å². The van der Waals surface area contributed by atoms with Gasteiger partial charge in [-0.25, -0.2) is 0 Å². The predicted octanol–water partition coefficient (Wildman–Crippen LogP) is 11.9. The van der Waals surface area contributed by atoms with E-state index >= 15 is 0 Å². The lowest BCUT2D eigenvalue weighted by molar-refractivity contribution is 0.659. The number of hydrogen-bond donors (Lipinski definition) is 0. The summed E-state index contributed by atoms with van der Waals surface area (Å²) in [6.45, 7) is 9.31. The highest BCUT2D eigenvalue weighted by atomic mass is 14.7. The van der Waals surface area contributed by atoms with Crippen molar-refractivity contribution in [2.45, 2.75) is 38.5 Å². The van der Waals surface area contributed by atoms with Crippen LogP contribution in [0.3, 0.4) is 0 Å². The molecule has 6 aromatic carbocycles. The number of hydrogen-bond acceptors (Lipinski definition) is 2. The minimum atomic E-state index is -0.0871. The van der Waals surface area contributed by atoms with E-state index in [9.17, 15) is 0 Å². The molecule has 2 heterocycles. The van der Waals surface area contributed by atoms with Gasteiger partial charge in [0.2, 0.25) is 0 Å². The molecule has 226 valence electrons. The van der Waals surface area contributed by atoms with E-state index in [2.05, 4.69) is 137 Å². The van der Waals surface area contributed by atoms with E-state index in [0.29, 0.717) is 0 Å². The Morgan fingerprint density at radius 1 is 0.396 bits per heavy atom. The summed E-state index contributed by atoms with van der Waals surface area (Å²) >= 11 is 0. The average molecular weight is 613 g/mol. The van der Waals surface area contributed by atoms with Gasteiger partial charge in [0, 0.05) is 34.4 Å². The second-order valence-corrected chi connectivity index (χ2v) is 15.0. The first-order valence-electron chi connectivity index (χ1n) is 17.0. The summed E-state index contributed by atoms with van der Waals surface area (Å²) in [6, 6.07) is 41.4. The van der Waals surface area contributed by atoms with Gasteiger partial charge in [-0.05, 0) is 112 Å². The summed E-state index contributed by atoms with van der Waals surface area (Å²) in [5.41, 5.74) is 17.7. The van der Waals surface area contributed by atoms with Crippen LogP contribution in [0, 0.1) is 0 Å². The maximum atomic E-state index is 4.78. The van der Waals surface area contributed by atoms with Gasteiger partial charge in [-0.2, -0.15) is 0 Å². The summed E-state index contributed by atoms with van der Waals surface area (Å²) < 4.78 is 0. The molecule has 3 aliphatic carbocycles. The molecule has 0 amide bonds. The zero-order valence-electron chi connectivity index (χ0n) is 27.4. The minimum Gasteiger partial charge on any atom is -0.256 e. The van der Waals surface area contributed by atoms with Crippen molar-refractivity contribution < 1.29 is 0 Å². The Morgan fingerprint density at radius 2 is 0.833 bits per heavy atom. The molecule has 11 rings (SSSR count). The first kappa shape index (κ1) is 26.5. The van der Waals surface area contributed by atoms with Crippen LogP contribution in [0.1, 0.15) is 49.9 Å². The molecule has 48 heavy (non-hydrogen) atoms. The quantitative estimate of drug-likeness (QED) is 0.182. The number of benzene rings is 6. The van der Waals surface area contributed by atoms with E-state index in [4.69, 9.17) is 9.97 Å². The second kappa shape index (κ2) is 8.65. The molecule has 0 saturated carbocycles. The highest BCUT2D eigenvalue weighted by Gasteiger charge is 2.38. The van der Waals surface area contributed by atoms with E-state index in [-0.39, 0.29) is 10.8 Å². The standard InChI is InChI=1S/C46H32N2/c1-45(2)36-7-5-21-47-43(36)34-15-11-26(23-38(34)45)28-17-19-32-33-20-18-29(31-14-10-25-9-13-30(28)41(32)40(25)42(31)33)27-12-16-35-39(24-27)46(3,4)37-8-6-22-48-44(35)37/h5-24H,1-4H3. The lowest BCUT2D eigenvalue weighted by Gasteiger charge is -2.21. The first-order chi connectivity index (χ1) is 23.3. The summed E-state index contributed by atoms with van der Waals surface area (Å²) in [6.07, 6.45) is 3.83. The SMILES string of the molecule is CC1(C)c2cc(-c3ccc4c5c3ccc3ccc6c(-c7ccc8c(c7)C(C)(C)c7cccnc7-8)ccc-4c6c35)ccc2-c2ncccc21. The van der Waals surface area contributed by atoms with Gasteiger partial charge in [-0.3, -0.25) is 9.97 Å². The molecule has 0 bridgehead atoms. The van der Waals surface area contributed by atoms with E-state index < -0.39 is 0 Å². The van der Waals surface area contributed by atoms with Crippen molar-refractivity contribution in [1.29, 1.82) is 0 Å². The van der Waals surface area contributed by atoms with Gasteiger partial charge in [0.15, 0.2) is 0 Å². The Labute approximate surface area is 279 Å². The summed E-state index contributed by atoms with van der Waals surface area (Å²) in [5, 5.41) is 8.09. The molecule has 8 aromatic rings. The van der Waals surface area contributed by atoms with Crippen LogP contribution in [-0.2, 0) is 10.8 Å². The molecule has 0 spiro atoms. The summed E-state index contributed by atoms with van der Waals surface area (Å²) in [4.78, 5) is 9.56. The molecule has 3 aliphatic rings. The van der Waals surface area contributed by atoms with Crippen LogP contribution in [0.2, 0.25) is 0 Å². The molecule has 2 nitrogen and oxygen atoms in total. The van der Waals surface area contributed by atoms with E-state index in [1.165, 1.54) is 99.1 Å². The first-order valence-corrected chi connectivity index (χ1v) is 17.0. The Balaban J connectivity index is 1.11. The van der Waals surface area contributed by atoms with Crippen LogP contribution in [0.5, 0.6) is 0 Å². The van der Waals surface area contributed by atoms with Gasteiger partial charge in [-0.1, -0.05) is 113 Å². The van der Waals surface area contributed by atoms with Gasteiger partial charge >= 0.3 is 0 Å². The molecule has 0 atom stereocenters. The van der Waals surface area contributed by atoms with Crippen LogP contribution in [0.25, 0.3) is 88.2 Å². The highest BCUT2D eigenvalue weighted by molar-refractivity contribution is 6.35. The normalized spacial score (nSPS) is 15.4. The maximum Gasteiger partial charge on any atom is 0.0745 e. The summed E-state index contributed by atoms with van der Waals surface area (Å²) in [5.74, 6) is 0. The largest absolute Gasteiger partial charge is 0.256 e. The van der Waals surface area contributed by atoms with E-state index in [1.807, 2.05) is 12.4 Å². The fraction of sp³-hybridized carbons (Fsp3) is 0.130. The van der Waals surface area contributed by atoms with Gasteiger partial charge < -0.3 is 0 Å². The number of rotatable bonds is 2. The Kier molecular flexibility index (Phi) is 4.77. The van der Waals surface area contributed by atoms with Crippen LogP contribution < -0.4 is 0 Å². The predicted molar refractivity (Wildman–Crippen MR) is 200 cm³/mol. The fourth-order valence-corrected chi connectivity index (χ4v) is 9.47. The van der Waals surface area contributed by atoms with Crippen LogP contribution in [0.4, 0.5) is 0 Å². The molecule has 0 fully saturated rings. The molecule has 2 heteroatoms. The van der Waals surface area contributed by atoms with Crippen molar-refractivity contribution in [2.24, 2.45) is 0 Å². The Morgan fingerprint density at radius 3 is 1.31 bits per heavy atom. The molecule has 0 N–H and O–H groups in total. The zero-order valence-corrected chi connectivity index (χ0v) is 27.4. The van der Waals surface area contributed by atoms with Crippen LogP contribution in [-0.4, -0.2) is 9.97 Å². The third-order valence-corrected chi connectivity index (χ3v) is 11.9. The van der Waals surface area contributed by atoms with Crippen molar-refractivity contribution >= 4 is 32.3 Å². The van der Waals surface area contributed by atoms with Crippen LogP contribution in [0.15, 0.2) is 122 Å². The van der Waals surface area contributed by atoms with Crippen molar-refractivity contribution in [3.05, 3.63) is 144 Å². The highest BCUT2D eigenvalue weighted by Crippen LogP contribution is 2.54. The molecule has 0 saturated heterocycles. The topological polar surface area (TPSA) is 25.8 Å². The smallest absolute Gasteiger partial charge is 0.0745 e. The molecular formula is C46H32N2.